The van der Waals surface area contributed by atoms with Gasteiger partial charge >= 0.3 is 0 Å². The Kier molecular flexibility index (Phi) is 13.4. The number of pyridine rings is 2. The lowest BCUT2D eigenvalue weighted by molar-refractivity contribution is -0.699. The summed E-state index contributed by atoms with van der Waals surface area (Å²) in [6.45, 7) is 1.81. The SMILES string of the molecule is O/N=C\c1cccc[n+]1CCCCCC[n+]1ccccc1/C=N\O.[Br-].[Br-]. The average molecular weight is 488 g/mol. The molecule has 2 heterocycles. The van der Waals surface area contributed by atoms with E-state index >= 15 is 0 Å². The van der Waals surface area contributed by atoms with Crippen molar-refractivity contribution in [3.8, 4) is 0 Å². The van der Waals surface area contributed by atoms with E-state index in [1.54, 1.807) is 0 Å². The molecule has 0 aliphatic carbocycles. The second-order valence-corrected chi connectivity index (χ2v) is 5.54. The molecule has 6 nitrogen and oxygen atoms in total. The van der Waals surface area contributed by atoms with E-state index in [-0.39, 0.29) is 34.0 Å². The molecule has 0 saturated heterocycles. The van der Waals surface area contributed by atoms with Crippen molar-refractivity contribution < 1.29 is 53.5 Å². The van der Waals surface area contributed by atoms with E-state index in [9.17, 15) is 0 Å². The summed E-state index contributed by atoms with van der Waals surface area (Å²) < 4.78 is 4.17. The first-order valence-electron chi connectivity index (χ1n) is 8.17. The van der Waals surface area contributed by atoms with Crippen molar-refractivity contribution in [1.82, 2.24) is 0 Å². The Labute approximate surface area is 175 Å². The number of hydrogen-bond donors (Lipinski definition) is 2. The van der Waals surface area contributed by atoms with Crippen LogP contribution in [0.25, 0.3) is 0 Å². The van der Waals surface area contributed by atoms with Crippen LogP contribution in [-0.2, 0) is 13.1 Å². The maximum Gasteiger partial charge on any atom is 0.227 e. The predicted octanol–water partition coefficient (Wildman–Crippen LogP) is -3.85. The van der Waals surface area contributed by atoms with Crippen molar-refractivity contribution in [2.24, 2.45) is 10.3 Å². The fourth-order valence-electron chi connectivity index (χ4n) is 2.66. The van der Waals surface area contributed by atoms with E-state index in [0.29, 0.717) is 0 Å². The highest BCUT2D eigenvalue weighted by Gasteiger charge is 2.08. The Balaban J connectivity index is 0.00000312. The van der Waals surface area contributed by atoms with Gasteiger partial charge in [-0.25, -0.2) is 0 Å². The summed E-state index contributed by atoms with van der Waals surface area (Å²) in [7, 11) is 0. The molecule has 0 unspecified atom stereocenters. The van der Waals surface area contributed by atoms with E-state index in [2.05, 4.69) is 19.4 Å². The predicted molar refractivity (Wildman–Crippen MR) is 90.5 cm³/mol. The standard InChI is InChI=1S/C18H22N4O2.2BrH/c23-19-15-17-9-3-7-13-21(17)11-5-1-2-6-12-22-14-8-4-10-18(22)16-20-24;;/h3-4,7-10,13-16H,1-2,5-6,11-12H2;2*1H. The average Bonchev–Trinajstić information content (AvgIpc) is 2.61. The smallest absolute Gasteiger partial charge is 0.227 e. The minimum atomic E-state index is 0. The number of nitrogens with zero attached hydrogens (tertiary/aromatic N) is 4. The second kappa shape index (κ2) is 14.4. The minimum absolute atomic E-state index is 0. The van der Waals surface area contributed by atoms with Gasteiger partial charge in [-0.3, -0.25) is 0 Å². The number of aromatic nitrogens is 2. The lowest BCUT2D eigenvalue weighted by atomic mass is 10.2. The molecular formula is C18H24Br2N4O2. The van der Waals surface area contributed by atoms with Crippen molar-refractivity contribution in [2.75, 3.05) is 0 Å². The number of hydrogen-bond acceptors (Lipinski definition) is 4. The number of halogens is 2. The molecule has 0 radical (unpaired) electrons. The van der Waals surface area contributed by atoms with Crippen molar-refractivity contribution in [2.45, 2.75) is 38.8 Å². The van der Waals surface area contributed by atoms with Gasteiger partial charge in [-0.05, 0) is 25.0 Å². The third-order valence-corrected chi connectivity index (χ3v) is 3.88. The molecule has 26 heavy (non-hydrogen) atoms. The van der Waals surface area contributed by atoms with Crippen LogP contribution in [0.1, 0.15) is 37.1 Å². The van der Waals surface area contributed by atoms with Crippen LogP contribution in [0.15, 0.2) is 59.1 Å². The van der Waals surface area contributed by atoms with Crippen LogP contribution in [0.4, 0.5) is 0 Å². The zero-order valence-corrected chi connectivity index (χ0v) is 17.6. The molecule has 0 aliphatic heterocycles. The highest BCUT2D eigenvalue weighted by Crippen LogP contribution is 2.01. The second-order valence-electron chi connectivity index (χ2n) is 5.54. The van der Waals surface area contributed by atoms with E-state index in [1.165, 1.54) is 12.4 Å². The normalized spacial score (nSPS) is 10.6. The lowest BCUT2D eigenvalue weighted by Crippen LogP contribution is -3.00. The molecule has 2 rings (SSSR count). The summed E-state index contributed by atoms with van der Waals surface area (Å²) in [5.74, 6) is 0. The van der Waals surface area contributed by atoms with Gasteiger partial charge in [0, 0.05) is 37.1 Å². The molecule has 142 valence electrons. The van der Waals surface area contributed by atoms with Crippen LogP contribution in [0.3, 0.4) is 0 Å². The van der Waals surface area contributed by atoms with Gasteiger partial charge in [0.15, 0.2) is 12.4 Å². The van der Waals surface area contributed by atoms with Crippen LogP contribution < -0.4 is 43.1 Å². The summed E-state index contributed by atoms with van der Waals surface area (Å²) >= 11 is 0. The Bertz CT molecular complexity index is 637. The highest BCUT2D eigenvalue weighted by atomic mass is 79.9. The Morgan fingerprint density at radius 2 is 1.12 bits per heavy atom. The molecule has 8 heteroatoms. The third kappa shape index (κ3) is 8.05. The number of aryl methyl sites for hydroxylation is 2. The summed E-state index contributed by atoms with van der Waals surface area (Å²) in [4.78, 5) is 0. The summed E-state index contributed by atoms with van der Waals surface area (Å²) in [6, 6.07) is 11.7. The molecular weight excluding hydrogens is 464 g/mol. The molecule has 0 fully saturated rings. The topological polar surface area (TPSA) is 72.9 Å². The van der Waals surface area contributed by atoms with Crippen molar-refractivity contribution >= 4 is 12.4 Å². The van der Waals surface area contributed by atoms with E-state index in [0.717, 1.165) is 50.2 Å². The van der Waals surface area contributed by atoms with Crippen LogP contribution in [0.5, 0.6) is 0 Å². The van der Waals surface area contributed by atoms with E-state index in [4.69, 9.17) is 10.4 Å². The molecule has 0 saturated carbocycles. The fourth-order valence-corrected chi connectivity index (χ4v) is 2.66. The summed E-state index contributed by atoms with van der Waals surface area (Å²) in [5, 5.41) is 23.6. The largest absolute Gasteiger partial charge is 1.00 e. The molecule has 0 atom stereocenters. The first-order chi connectivity index (χ1) is 11.8. The molecule has 0 aromatic carbocycles. The zero-order valence-electron chi connectivity index (χ0n) is 14.5. The van der Waals surface area contributed by atoms with Crippen molar-refractivity contribution in [3.05, 3.63) is 60.2 Å². The Morgan fingerprint density at radius 1 is 0.692 bits per heavy atom. The molecule has 2 aromatic heterocycles. The first-order valence-corrected chi connectivity index (χ1v) is 8.17. The van der Waals surface area contributed by atoms with Crippen LogP contribution in [-0.4, -0.2) is 22.8 Å². The number of oxime groups is 2. The van der Waals surface area contributed by atoms with Gasteiger partial charge < -0.3 is 44.4 Å². The van der Waals surface area contributed by atoms with E-state index < -0.39 is 0 Å². The lowest BCUT2D eigenvalue weighted by Gasteiger charge is -2.02. The van der Waals surface area contributed by atoms with Gasteiger partial charge in [0.25, 0.3) is 0 Å². The maximum absolute atomic E-state index is 8.68. The van der Waals surface area contributed by atoms with Gasteiger partial charge in [0.1, 0.15) is 25.5 Å². The summed E-state index contributed by atoms with van der Waals surface area (Å²) in [5.41, 5.74) is 1.79. The molecule has 2 aromatic rings. The van der Waals surface area contributed by atoms with Gasteiger partial charge in [0.05, 0.1) is 0 Å². The molecule has 0 spiro atoms. The molecule has 2 N–H and O–H groups in total. The van der Waals surface area contributed by atoms with Gasteiger partial charge in [0.2, 0.25) is 11.4 Å². The highest BCUT2D eigenvalue weighted by molar-refractivity contribution is 5.74. The monoisotopic (exact) mass is 486 g/mol. The molecule has 0 amide bonds. The fraction of sp³-hybridized carbons (Fsp3) is 0.333. The number of rotatable bonds is 9. The minimum Gasteiger partial charge on any atom is -1.00 e. The van der Waals surface area contributed by atoms with Gasteiger partial charge in [-0.1, -0.05) is 10.3 Å². The van der Waals surface area contributed by atoms with Gasteiger partial charge in [-0.2, -0.15) is 9.13 Å². The van der Waals surface area contributed by atoms with Crippen LogP contribution >= 0.6 is 0 Å². The maximum atomic E-state index is 8.68. The Hall–Kier alpha value is -1.80. The van der Waals surface area contributed by atoms with Crippen LogP contribution in [0, 0.1) is 0 Å². The molecule has 0 bridgehead atoms. The first kappa shape index (κ1) is 24.2. The summed E-state index contributed by atoms with van der Waals surface area (Å²) in [6.07, 6.45) is 11.3. The zero-order chi connectivity index (χ0) is 17.0. The van der Waals surface area contributed by atoms with Crippen molar-refractivity contribution in [3.63, 3.8) is 0 Å². The quantitative estimate of drug-likeness (QED) is 0.125. The number of unbranched alkanes of at least 4 members (excludes halogenated alkanes) is 3. The van der Waals surface area contributed by atoms with Gasteiger partial charge in [-0.15, -0.1) is 0 Å². The van der Waals surface area contributed by atoms with Crippen LogP contribution in [0.2, 0.25) is 0 Å². The third-order valence-electron chi connectivity index (χ3n) is 3.88. The Morgan fingerprint density at radius 3 is 1.50 bits per heavy atom. The van der Waals surface area contributed by atoms with E-state index in [1.807, 2.05) is 48.8 Å². The molecule has 0 aliphatic rings. The van der Waals surface area contributed by atoms with Crippen molar-refractivity contribution in [1.29, 1.82) is 0 Å².